The van der Waals surface area contributed by atoms with E-state index in [1.165, 1.54) is 80.2 Å². The highest BCUT2D eigenvalue weighted by molar-refractivity contribution is 14.1. The fourth-order valence-electron chi connectivity index (χ4n) is 6.38. The summed E-state index contributed by atoms with van der Waals surface area (Å²) in [6.07, 6.45) is 17.7. The van der Waals surface area contributed by atoms with Crippen molar-refractivity contribution in [2.45, 2.75) is 115 Å². The zero-order valence-electron chi connectivity index (χ0n) is 26.4. The summed E-state index contributed by atoms with van der Waals surface area (Å²) in [5.41, 5.74) is 6.17. The number of benzene rings is 2. The van der Waals surface area contributed by atoms with E-state index in [2.05, 4.69) is 115 Å². The number of phenols is 2. The lowest BCUT2D eigenvalue weighted by Gasteiger charge is -2.26. The van der Waals surface area contributed by atoms with Gasteiger partial charge < -0.3 is 10.2 Å². The lowest BCUT2D eigenvalue weighted by Crippen LogP contribution is -2.27. The van der Waals surface area contributed by atoms with Crippen molar-refractivity contribution in [1.29, 1.82) is 0 Å². The van der Waals surface area contributed by atoms with Crippen LogP contribution in [0.4, 0.5) is 0 Å². The van der Waals surface area contributed by atoms with Crippen LogP contribution in [0.5, 0.6) is 11.5 Å². The number of hydrogen-bond acceptors (Lipinski definition) is 4. The molecule has 0 radical (unpaired) electrons. The van der Waals surface area contributed by atoms with Crippen LogP contribution in [0.2, 0.25) is 0 Å². The summed E-state index contributed by atoms with van der Waals surface area (Å²) >= 11 is 9.90. The lowest BCUT2D eigenvalue weighted by atomic mass is 9.88. The average molecular weight is 1050 g/mol. The molecule has 0 heterocycles. The number of alkyl halides is 4. The molecule has 0 amide bonds. The largest absolute Gasteiger partial charge is 0.507 e. The van der Waals surface area contributed by atoms with Crippen LogP contribution in [0.25, 0.3) is 0 Å². The first-order valence-corrected chi connectivity index (χ1v) is 22.4. The maximum absolute atomic E-state index is 11.0. The predicted octanol–water partition coefficient (Wildman–Crippen LogP) is 11.6. The Labute approximate surface area is 321 Å². The number of phenolic OH excluding ortho intramolecular Hbond substituents is 2. The number of aliphatic imine (C=N–C) groups is 2. The minimum absolute atomic E-state index is 0.0729. The predicted molar refractivity (Wildman–Crippen MR) is 225 cm³/mol. The van der Waals surface area contributed by atoms with Crippen LogP contribution >= 0.6 is 90.4 Å². The number of halogens is 4. The summed E-state index contributed by atoms with van der Waals surface area (Å²) in [5, 5.41) is 22.0. The van der Waals surface area contributed by atoms with Gasteiger partial charge in [-0.05, 0) is 142 Å². The smallest absolute Gasteiger partial charge is 0.127 e. The van der Waals surface area contributed by atoms with Gasteiger partial charge in [0, 0.05) is 23.6 Å². The van der Waals surface area contributed by atoms with Gasteiger partial charge in [-0.3, -0.25) is 9.98 Å². The molecule has 8 heteroatoms. The van der Waals surface area contributed by atoms with E-state index in [9.17, 15) is 10.2 Å². The summed E-state index contributed by atoms with van der Waals surface area (Å²) in [7, 11) is 0. The van der Waals surface area contributed by atoms with Crippen LogP contribution in [0, 0.1) is 13.8 Å². The molecular weight excluding hydrogens is 1000 g/mol. The number of aromatic hydroxyl groups is 2. The zero-order valence-corrected chi connectivity index (χ0v) is 35.0. The van der Waals surface area contributed by atoms with Crippen LogP contribution in [0.3, 0.4) is 0 Å². The topological polar surface area (TPSA) is 65.2 Å². The maximum atomic E-state index is 11.0. The molecule has 1 fully saturated rings. The second-order valence-electron chi connectivity index (χ2n) is 12.2. The van der Waals surface area contributed by atoms with Crippen LogP contribution in [0.1, 0.15) is 122 Å². The number of aryl methyl sites for hydroxylation is 2. The third-order valence-electron chi connectivity index (χ3n) is 8.90. The van der Waals surface area contributed by atoms with Crippen molar-refractivity contribution < 1.29 is 10.2 Å². The Balaban J connectivity index is 1.85. The van der Waals surface area contributed by atoms with E-state index in [4.69, 9.17) is 9.98 Å². The van der Waals surface area contributed by atoms with Crippen molar-refractivity contribution in [3.8, 4) is 11.5 Å². The first-order valence-electron chi connectivity index (χ1n) is 16.3. The van der Waals surface area contributed by atoms with Gasteiger partial charge in [0.2, 0.25) is 0 Å². The SMILES string of the molecule is Cc1cc(C(CCCI)CCCI)cc(C=NC2CCCCC2N=Cc2cc(C(CCCI)CCCI)cc(C)c2O)c1O. The second-order valence-corrected chi connectivity index (χ2v) is 16.6. The monoisotopic (exact) mass is 1050 g/mol. The summed E-state index contributed by atoms with van der Waals surface area (Å²) in [6, 6.07) is 8.87. The van der Waals surface area contributed by atoms with Crippen LogP contribution in [0.15, 0.2) is 34.3 Å². The van der Waals surface area contributed by atoms with Crippen LogP contribution in [-0.2, 0) is 0 Å². The molecule has 0 saturated heterocycles. The molecule has 2 aromatic rings. The molecule has 2 aromatic carbocycles. The van der Waals surface area contributed by atoms with Gasteiger partial charge in [0.25, 0.3) is 0 Å². The molecule has 3 rings (SSSR count). The molecule has 0 bridgehead atoms. The van der Waals surface area contributed by atoms with E-state index >= 15 is 0 Å². The second kappa shape index (κ2) is 21.3. The lowest BCUT2D eigenvalue weighted by molar-refractivity contribution is 0.390. The average Bonchev–Trinajstić information content (AvgIpc) is 3.03. The highest BCUT2D eigenvalue weighted by atomic mass is 127. The first kappa shape index (κ1) is 38.7. The molecule has 2 N–H and O–H groups in total. The Morgan fingerprint density at radius 3 is 1.30 bits per heavy atom. The maximum Gasteiger partial charge on any atom is 0.127 e. The van der Waals surface area contributed by atoms with E-state index < -0.39 is 0 Å². The third-order valence-corrected chi connectivity index (χ3v) is 11.9. The fraction of sp³-hybridized carbons (Fsp3) is 0.611. The summed E-state index contributed by atoms with van der Waals surface area (Å²) in [6.45, 7) is 4.02. The molecule has 244 valence electrons. The standard InChI is InChI=1S/C36H50I4N2O2/c1-25-19-29(27(9-5-15-37)10-6-16-38)21-31(35(25)43)23-41-33-13-3-4-14-34(33)42-24-32-22-30(20-26(2)36(32)44)28(11-7-17-39)12-8-18-40/h19-24,27-28,33-34,43-44H,3-18H2,1-2H3. The Morgan fingerprint density at radius 2 is 0.977 bits per heavy atom. The van der Waals surface area contributed by atoms with Crippen molar-refractivity contribution >= 4 is 103 Å². The van der Waals surface area contributed by atoms with Gasteiger partial charge in [0.15, 0.2) is 0 Å². The molecular formula is C36H50I4N2O2. The third kappa shape index (κ3) is 12.1. The quantitative estimate of drug-likeness (QED) is 0.0888. The molecule has 0 spiro atoms. The molecule has 1 saturated carbocycles. The molecule has 0 aromatic heterocycles. The minimum Gasteiger partial charge on any atom is -0.507 e. The normalized spacial score (nSPS) is 17.5. The van der Waals surface area contributed by atoms with Gasteiger partial charge in [0.05, 0.1) is 12.1 Å². The van der Waals surface area contributed by atoms with Crippen LogP contribution < -0.4 is 0 Å². The van der Waals surface area contributed by atoms with Gasteiger partial charge >= 0.3 is 0 Å². The Kier molecular flexibility index (Phi) is 18.8. The van der Waals surface area contributed by atoms with Gasteiger partial charge in [0.1, 0.15) is 11.5 Å². The Bertz CT molecular complexity index is 1110. The molecule has 2 atom stereocenters. The van der Waals surface area contributed by atoms with E-state index in [-0.39, 0.29) is 12.1 Å². The van der Waals surface area contributed by atoms with Crippen molar-refractivity contribution in [1.82, 2.24) is 0 Å². The summed E-state index contributed by atoms with van der Waals surface area (Å²) in [5.74, 6) is 1.72. The van der Waals surface area contributed by atoms with E-state index in [1.807, 2.05) is 26.3 Å². The minimum atomic E-state index is 0.0729. The number of hydrogen-bond donors (Lipinski definition) is 2. The van der Waals surface area contributed by atoms with Crippen LogP contribution in [-0.4, -0.2) is 52.4 Å². The highest BCUT2D eigenvalue weighted by Gasteiger charge is 2.24. The molecule has 4 nitrogen and oxygen atoms in total. The molecule has 44 heavy (non-hydrogen) atoms. The van der Waals surface area contributed by atoms with Crippen molar-refractivity contribution in [2.75, 3.05) is 17.7 Å². The zero-order chi connectivity index (χ0) is 31.9. The molecule has 1 aliphatic rings. The van der Waals surface area contributed by atoms with Gasteiger partial charge in [-0.2, -0.15) is 0 Å². The van der Waals surface area contributed by atoms with Crippen molar-refractivity contribution in [2.24, 2.45) is 9.98 Å². The Morgan fingerprint density at radius 1 is 0.636 bits per heavy atom. The first-order chi connectivity index (χ1) is 21.3. The number of nitrogens with zero attached hydrogens (tertiary/aromatic N) is 2. The molecule has 0 aliphatic heterocycles. The van der Waals surface area contributed by atoms with Gasteiger partial charge in [-0.15, -0.1) is 0 Å². The summed E-state index contributed by atoms with van der Waals surface area (Å²) in [4.78, 5) is 10.1. The van der Waals surface area contributed by atoms with Gasteiger partial charge in [-0.25, -0.2) is 0 Å². The molecule has 1 aliphatic carbocycles. The van der Waals surface area contributed by atoms with E-state index in [1.54, 1.807) is 0 Å². The number of rotatable bonds is 18. The van der Waals surface area contributed by atoms with Gasteiger partial charge in [-0.1, -0.05) is 115 Å². The molecule has 2 unspecified atom stereocenters. The van der Waals surface area contributed by atoms with E-state index in [0.29, 0.717) is 23.3 Å². The Hall–Kier alpha value is 0.300. The fourth-order valence-corrected chi connectivity index (χ4v) is 8.14. The summed E-state index contributed by atoms with van der Waals surface area (Å²) < 4.78 is 4.69. The highest BCUT2D eigenvalue weighted by Crippen LogP contribution is 2.34. The van der Waals surface area contributed by atoms with E-state index in [0.717, 1.165) is 47.9 Å². The van der Waals surface area contributed by atoms with Crippen molar-refractivity contribution in [3.63, 3.8) is 0 Å². The van der Waals surface area contributed by atoms with Crippen molar-refractivity contribution in [3.05, 3.63) is 57.6 Å².